The molecule has 0 aliphatic heterocycles. The van der Waals surface area contributed by atoms with Gasteiger partial charge in [0.25, 0.3) is 5.91 Å². The maximum atomic E-state index is 12.7. The first-order chi connectivity index (χ1) is 10.1. The minimum atomic E-state index is 0.00260. The van der Waals surface area contributed by atoms with Crippen molar-refractivity contribution >= 4 is 18.5 Å². The lowest BCUT2D eigenvalue weighted by atomic mass is 10.1. The summed E-state index contributed by atoms with van der Waals surface area (Å²) in [6.07, 6.45) is 0. The molecule has 0 bridgehead atoms. The molecule has 1 rings (SSSR count). The van der Waals surface area contributed by atoms with Gasteiger partial charge in [-0.05, 0) is 38.5 Å². The summed E-state index contributed by atoms with van der Waals surface area (Å²) in [5.41, 5.74) is 1.64. The molecule has 1 aromatic rings. The van der Waals surface area contributed by atoms with Crippen molar-refractivity contribution in [3.05, 3.63) is 29.3 Å². The molecule has 1 aromatic carbocycles. The van der Waals surface area contributed by atoms with Crippen molar-refractivity contribution in [3.63, 3.8) is 0 Å². The summed E-state index contributed by atoms with van der Waals surface area (Å²) in [6.45, 7) is 9.33. The van der Waals surface area contributed by atoms with Crippen molar-refractivity contribution in [2.45, 2.75) is 25.7 Å². The molecule has 0 saturated carbocycles. The summed E-state index contributed by atoms with van der Waals surface area (Å²) in [5, 5.41) is 0. The van der Waals surface area contributed by atoms with Gasteiger partial charge < -0.3 is 14.4 Å². The van der Waals surface area contributed by atoms with E-state index in [9.17, 15) is 4.79 Å². The SMILES string of the molecule is CCOCCN(CCOCC)C(=O)c1cc(S)ccc1C. The molecule has 0 radical (unpaired) electrons. The molecule has 0 atom stereocenters. The highest BCUT2D eigenvalue weighted by Crippen LogP contribution is 2.16. The second-order valence-corrected chi connectivity index (χ2v) is 5.20. The molecule has 0 aromatic heterocycles. The van der Waals surface area contributed by atoms with Gasteiger partial charge in [0.1, 0.15) is 0 Å². The first-order valence-electron chi connectivity index (χ1n) is 7.34. The first kappa shape index (κ1) is 18.0. The normalized spacial score (nSPS) is 10.7. The van der Waals surface area contributed by atoms with Crippen LogP contribution < -0.4 is 0 Å². The standard InChI is InChI=1S/C16H25NO3S/c1-4-19-10-8-17(9-11-20-5-2)16(18)15-12-14(21)7-6-13(15)3/h6-7,12,21H,4-5,8-11H2,1-3H3. The van der Waals surface area contributed by atoms with Crippen molar-refractivity contribution in [2.75, 3.05) is 39.5 Å². The maximum Gasteiger partial charge on any atom is 0.254 e. The molecular formula is C16H25NO3S. The highest BCUT2D eigenvalue weighted by molar-refractivity contribution is 7.80. The Labute approximate surface area is 132 Å². The Morgan fingerprint density at radius 1 is 1.14 bits per heavy atom. The smallest absolute Gasteiger partial charge is 0.254 e. The Morgan fingerprint density at radius 2 is 1.71 bits per heavy atom. The number of aryl methyl sites for hydroxylation is 1. The molecule has 0 heterocycles. The number of benzene rings is 1. The molecule has 0 saturated heterocycles. The van der Waals surface area contributed by atoms with Gasteiger partial charge >= 0.3 is 0 Å². The Balaban J connectivity index is 2.79. The molecule has 0 unspecified atom stereocenters. The van der Waals surface area contributed by atoms with E-state index >= 15 is 0 Å². The van der Waals surface area contributed by atoms with Crippen molar-refractivity contribution in [3.8, 4) is 0 Å². The third-order valence-electron chi connectivity index (χ3n) is 3.16. The van der Waals surface area contributed by atoms with Gasteiger partial charge in [-0.1, -0.05) is 6.07 Å². The largest absolute Gasteiger partial charge is 0.380 e. The summed E-state index contributed by atoms with van der Waals surface area (Å²) in [6, 6.07) is 5.62. The van der Waals surface area contributed by atoms with Crippen molar-refractivity contribution in [1.82, 2.24) is 4.90 Å². The molecule has 0 fully saturated rings. The summed E-state index contributed by atoms with van der Waals surface area (Å²) < 4.78 is 10.7. The van der Waals surface area contributed by atoms with Crippen LogP contribution in [0.2, 0.25) is 0 Å². The molecule has 0 spiro atoms. The number of hydrogen-bond donors (Lipinski definition) is 1. The second kappa shape index (κ2) is 9.82. The third kappa shape index (κ3) is 6.08. The Hall–Kier alpha value is -1.04. The lowest BCUT2D eigenvalue weighted by molar-refractivity contribution is 0.0549. The van der Waals surface area contributed by atoms with E-state index in [1.807, 2.05) is 39.0 Å². The zero-order chi connectivity index (χ0) is 15.7. The van der Waals surface area contributed by atoms with Crippen LogP contribution in [0.5, 0.6) is 0 Å². The van der Waals surface area contributed by atoms with E-state index < -0.39 is 0 Å². The van der Waals surface area contributed by atoms with Gasteiger partial charge in [-0.25, -0.2) is 0 Å². The minimum Gasteiger partial charge on any atom is -0.380 e. The zero-order valence-electron chi connectivity index (χ0n) is 13.1. The van der Waals surface area contributed by atoms with Gasteiger partial charge in [0.2, 0.25) is 0 Å². The summed E-state index contributed by atoms with van der Waals surface area (Å²) >= 11 is 4.32. The first-order valence-corrected chi connectivity index (χ1v) is 7.79. The van der Waals surface area contributed by atoms with Gasteiger partial charge in [-0.3, -0.25) is 4.79 Å². The second-order valence-electron chi connectivity index (χ2n) is 4.69. The van der Waals surface area contributed by atoms with Crippen LogP contribution in [0.4, 0.5) is 0 Å². The molecule has 21 heavy (non-hydrogen) atoms. The molecule has 0 N–H and O–H groups in total. The van der Waals surface area contributed by atoms with Crippen LogP contribution in [0.25, 0.3) is 0 Å². The van der Waals surface area contributed by atoms with Crippen molar-refractivity contribution < 1.29 is 14.3 Å². The van der Waals surface area contributed by atoms with E-state index in [-0.39, 0.29) is 5.91 Å². The van der Waals surface area contributed by atoms with Gasteiger partial charge in [0.05, 0.1) is 13.2 Å². The van der Waals surface area contributed by atoms with E-state index in [1.165, 1.54) is 0 Å². The van der Waals surface area contributed by atoms with Crippen molar-refractivity contribution in [1.29, 1.82) is 0 Å². The highest BCUT2D eigenvalue weighted by Gasteiger charge is 2.17. The molecular weight excluding hydrogens is 286 g/mol. The summed E-state index contributed by atoms with van der Waals surface area (Å²) in [4.78, 5) is 15.3. The van der Waals surface area contributed by atoms with Crippen LogP contribution in [0.1, 0.15) is 29.8 Å². The number of nitrogens with zero attached hydrogens (tertiary/aromatic N) is 1. The van der Waals surface area contributed by atoms with E-state index in [2.05, 4.69) is 12.6 Å². The van der Waals surface area contributed by atoms with Crippen LogP contribution in [0.15, 0.2) is 23.1 Å². The number of amides is 1. The van der Waals surface area contributed by atoms with Crippen LogP contribution in [-0.4, -0.2) is 50.3 Å². The molecule has 1 amide bonds. The predicted molar refractivity (Wildman–Crippen MR) is 87.3 cm³/mol. The third-order valence-corrected chi connectivity index (χ3v) is 3.44. The van der Waals surface area contributed by atoms with Gasteiger partial charge in [0.15, 0.2) is 0 Å². The fourth-order valence-electron chi connectivity index (χ4n) is 1.96. The number of rotatable bonds is 9. The van der Waals surface area contributed by atoms with E-state index in [0.29, 0.717) is 45.1 Å². The van der Waals surface area contributed by atoms with Gasteiger partial charge in [-0.15, -0.1) is 12.6 Å². The monoisotopic (exact) mass is 311 g/mol. The Morgan fingerprint density at radius 3 is 2.24 bits per heavy atom. The summed E-state index contributed by atoms with van der Waals surface area (Å²) in [5.74, 6) is 0.00260. The molecule has 4 nitrogen and oxygen atoms in total. The van der Waals surface area contributed by atoms with Crippen LogP contribution >= 0.6 is 12.6 Å². The van der Waals surface area contributed by atoms with Crippen LogP contribution in [0.3, 0.4) is 0 Å². The molecule has 0 aliphatic carbocycles. The predicted octanol–water partition coefficient (Wildman–Crippen LogP) is 2.80. The summed E-state index contributed by atoms with van der Waals surface area (Å²) in [7, 11) is 0. The Bertz CT molecular complexity index is 441. The lowest BCUT2D eigenvalue weighted by Crippen LogP contribution is -2.37. The fourth-order valence-corrected chi connectivity index (χ4v) is 2.17. The number of hydrogen-bond acceptors (Lipinski definition) is 4. The quantitative estimate of drug-likeness (QED) is 0.563. The average Bonchev–Trinajstić information content (AvgIpc) is 2.48. The minimum absolute atomic E-state index is 0.00260. The Kier molecular flexibility index (Phi) is 8.42. The van der Waals surface area contributed by atoms with Crippen LogP contribution in [0, 0.1) is 6.92 Å². The maximum absolute atomic E-state index is 12.7. The van der Waals surface area contributed by atoms with Crippen LogP contribution in [-0.2, 0) is 9.47 Å². The van der Waals surface area contributed by atoms with E-state index in [4.69, 9.17) is 9.47 Å². The number of thiol groups is 1. The topological polar surface area (TPSA) is 38.8 Å². The zero-order valence-corrected chi connectivity index (χ0v) is 14.0. The molecule has 0 aliphatic rings. The lowest BCUT2D eigenvalue weighted by Gasteiger charge is -2.23. The number of ether oxygens (including phenoxy) is 2. The number of carbonyl (C=O) groups excluding carboxylic acids is 1. The van der Waals surface area contributed by atoms with Crippen molar-refractivity contribution in [2.24, 2.45) is 0 Å². The van der Waals surface area contributed by atoms with Gasteiger partial charge in [0, 0.05) is 36.8 Å². The number of carbonyl (C=O) groups is 1. The fraction of sp³-hybridized carbons (Fsp3) is 0.562. The van der Waals surface area contributed by atoms with E-state index in [1.54, 1.807) is 4.90 Å². The molecule has 5 heteroatoms. The average molecular weight is 311 g/mol. The van der Waals surface area contributed by atoms with E-state index in [0.717, 1.165) is 10.5 Å². The highest BCUT2D eigenvalue weighted by atomic mass is 32.1. The molecule has 118 valence electrons. The van der Waals surface area contributed by atoms with Gasteiger partial charge in [-0.2, -0.15) is 0 Å².